The van der Waals surface area contributed by atoms with Gasteiger partial charge in [0.2, 0.25) is 0 Å². The summed E-state index contributed by atoms with van der Waals surface area (Å²) in [7, 11) is 0. The first-order valence-electron chi connectivity index (χ1n) is 9.17. The molecule has 1 saturated carbocycles. The first kappa shape index (κ1) is 20.8. The summed E-state index contributed by atoms with van der Waals surface area (Å²) in [6.45, 7) is 2.07. The second-order valence-electron chi connectivity index (χ2n) is 6.82. The lowest BCUT2D eigenvalue weighted by Gasteiger charge is -2.19. The van der Waals surface area contributed by atoms with Gasteiger partial charge in [0, 0.05) is 11.8 Å². The van der Waals surface area contributed by atoms with E-state index in [0.29, 0.717) is 18.6 Å². The van der Waals surface area contributed by atoms with Gasteiger partial charge in [-0.15, -0.1) is 0 Å². The lowest BCUT2D eigenvalue weighted by atomic mass is 9.90. The molecule has 1 fully saturated rings. The van der Waals surface area contributed by atoms with Crippen molar-refractivity contribution in [1.29, 1.82) is 0 Å². The number of carbonyl (C=O) groups excluding carboxylic acids is 2. The summed E-state index contributed by atoms with van der Waals surface area (Å²) in [6.07, 6.45) is 8.72. The van der Waals surface area contributed by atoms with Crippen LogP contribution in [-0.4, -0.2) is 47.9 Å². The summed E-state index contributed by atoms with van der Waals surface area (Å²) in [6, 6.07) is 0. The molecular weight excluding hydrogens is 356 g/mol. The molecule has 0 amide bonds. The fourth-order valence-corrected chi connectivity index (χ4v) is 3.56. The molecule has 2 aliphatic rings. The van der Waals surface area contributed by atoms with Crippen molar-refractivity contribution in [2.24, 2.45) is 11.8 Å². The lowest BCUT2D eigenvalue weighted by molar-refractivity contribution is -0.142. The van der Waals surface area contributed by atoms with Crippen LogP contribution in [0.25, 0.3) is 0 Å². The summed E-state index contributed by atoms with van der Waals surface area (Å²) in [5.74, 6) is -0.0597. The highest BCUT2D eigenvalue weighted by Crippen LogP contribution is 2.38. The van der Waals surface area contributed by atoms with Crippen LogP contribution in [0.4, 0.5) is 4.79 Å². The van der Waals surface area contributed by atoms with Crippen LogP contribution in [-0.2, 0) is 19.0 Å². The Morgan fingerprint density at radius 1 is 1.38 bits per heavy atom. The average Bonchev–Trinajstić information content (AvgIpc) is 2.99. The van der Waals surface area contributed by atoms with Gasteiger partial charge in [-0.3, -0.25) is 0 Å². The van der Waals surface area contributed by atoms with Gasteiger partial charge in [-0.2, -0.15) is 12.6 Å². The predicted octanol–water partition coefficient (Wildman–Crippen LogP) is 3.05. The topological polar surface area (TPSA) is 82.1 Å². The molecule has 0 aromatic rings. The number of hydrogen-bond donors (Lipinski definition) is 2. The van der Waals surface area contributed by atoms with E-state index in [2.05, 4.69) is 24.8 Å². The zero-order valence-corrected chi connectivity index (χ0v) is 16.0. The van der Waals surface area contributed by atoms with Gasteiger partial charge in [0.1, 0.15) is 12.7 Å². The van der Waals surface area contributed by atoms with Crippen LogP contribution >= 0.6 is 12.6 Å². The highest BCUT2D eigenvalue weighted by molar-refractivity contribution is 7.80. The number of aliphatic hydroxyl groups is 1. The lowest BCUT2D eigenvalue weighted by Crippen LogP contribution is -2.22. The van der Waals surface area contributed by atoms with Crippen LogP contribution in [0.2, 0.25) is 0 Å². The molecule has 1 N–H and O–H groups in total. The normalized spacial score (nSPS) is 35.0. The van der Waals surface area contributed by atoms with E-state index in [0.717, 1.165) is 19.3 Å². The standard InChI is InChI=1S/C19H28O6S/c1-13-5-3-2-4-6-14-11-15(25-19(22)23-9-10-26)12-16(14)17(20)7-8-18(21)24-13/h4,6-8,13-17,20,26H,2-3,5,9-12H2,1H3/b6-4+,8-7+/t13-,14+,15-,16+,17+/m0/s1. The fraction of sp³-hybridized carbons (Fsp3) is 0.684. The molecule has 1 aliphatic heterocycles. The SMILES string of the molecule is C[C@H]1CCC/C=C/[C@@H]2C[C@H](OC(=O)OCCS)C[C@H]2[C@H](O)/C=C/C(=O)O1. The molecule has 2 rings (SSSR count). The Balaban J connectivity index is 2.03. The van der Waals surface area contributed by atoms with Crippen LogP contribution in [0.5, 0.6) is 0 Å². The van der Waals surface area contributed by atoms with E-state index < -0.39 is 18.2 Å². The van der Waals surface area contributed by atoms with Crippen molar-refractivity contribution in [2.75, 3.05) is 12.4 Å². The van der Waals surface area contributed by atoms with Crippen LogP contribution in [0.15, 0.2) is 24.3 Å². The molecule has 6 nitrogen and oxygen atoms in total. The summed E-state index contributed by atoms with van der Waals surface area (Å²) in [5, 5.41) is 10.5. The fourth-order valence-electron chi connectivity index (χ4n) is 3.47. The van der Waals surface area contributed by atoms with Gasteiger partial charge in [-0.05, 0) is 56.9 Å². The van der Waals surface area contributed by atoms with Crippen LogP contribution in [0, 0.1) is 11.8 Å². The predicted molar refractivity (Wildman–Crippen MR) is 100.0 cm³/mol. The monoisotopic (exact) mass is 384 g/mol. The van der Waals surface area contributed by atoms with E-state index in [1.54, 1.807) is 0 Å². The third-order valence-corrected chi connectivity index (χ3v) is 4.93. The third-order valence-electron chi connectivity index (χ3n) is 4.74. The molecule has 0 saturated heterocycles. The molecule has 26 heavy (non-hydrogen) atoms. The number of rotatable bonds is 3. The first-order valence-corrected chi connectivity index (χ1v) is 9.80. The van der Waals surface area contributed by atoms with E-state index in [1.807, 2.05) is 6.92 Å². The highest BCUT2D eigenvalue weighted by atomic mass is 32.1. The van der Waals surface area contributed by atoms with Crippen molar-refractivity contribution in [3.05, 3.63) is 24.3 Å². The van der Waals surface area contributed by atoms with Crippen LogP contribution < -0.4 is 0 Å². The van der Waals surface area contributed by atoms with E-state index in [9.17, 15) is 14.7 Å². The zero-order chi connectivity index (χ0) is 18.9. The number of thiol groups is 1. The molecule has 1 heterocycles. The van der Waals surface area contributed by atoms with E-state index in [4.69, 9.17) is 14.2 Å². The largest absolute Gasteiger partial charge is 0.508 e. The summed E-state index contributed by atoms with van der Waals surface area (Å²) >= 11 is 3.98. The van der Waals surface area contributed by atoms with Crippen LogP contribution in [0.3, 0.4) is 0 Å². The molecule has 5 atom stereocenters. The number of carbonyl (C=O) groups is 2. The van der Waals surface area contributed by atoms with E-state index >= 15 is 0 Å². The summed E-state index contributed by atoms with van der Waals surface area (Å²) in [4.78, 5) is 23.5. The quantitative estimate of drug-likeness (QED) is 0.442. The number of fused-ring (bicyclic) bond motifs is 1. The smallest absolute Gasteiger partial charge is 0.460 e. The molecule has 0 aromatic carbocycles. The van der Waals surface area contributed by atoms with Gasteiger partial charge < -0.3 is 19.3 Å². The minimum absolute atomic E-state index is 0.0755. The number of aliphatic hydroxyl groups excluding tert-OH is 1. The van der Waals surface area contributed by atoms with Crippen molar-refractivity contribution in [3.8, 4) is 0 Å². The second kappa shape index (κ2) is 10.6. The van der Waals surface area contributed by atoms with Gasteiger partial charge in [0.25, 0.3) is 0 Å². The zero-order valence-electron chi connectivity index (χ0n) is 15.1. The number of cyclic esters (lactones) is 1. The van der Waals surface area contributed by atoms with Gasteiger partial charge >= 0.3 is 12.1 Å². The minimum atomic E-state index is -0.810. The van der Waals surface area contributed by atoms with Crippen molar-refractivity contribution >= 4 is 24.8 Å². The number of esters is 1. The highest BCUT2D eigenvalue weighted by Gasteiger charge is 2.38. The molecule has 7 heteroatoms. The first-order chi connectivity index (χ1) is 12.5. The number of ether oxygens (including phenoxy) is 3. The minimum Gasteiger partial charge on any atom is -0.460 e. The Kier molecular flexibility index (Phi) is 8.51. The van der Waals surface area contributed by atoms with Gasteiger partial charge in [0.05, 0.1) is 12.2 Å². The van der Waals surface area contributed by atoms with Crippen molar-refractivity contribution < 1.29 is 28.9 Å². The Morgan fingerprint density at radius 2 is 2.19 bits per heavy atom. The second-order valence-corrected chi connectivity index (χ2v) is 7.26. The average molecular weight is 384 g/mol. The van der Waals surface area contributed by atoms with Crippen molar-refractivity contribution in [3.63, 3.8) is 0 Å². The van der Waals surface area contributed by atoms with Crippen molar-refractivity contribution in [2.45, 2.75) is 57.3 Å². The molecule has 0 radical (unpaired) electrons. The molecule has 1 aliphatic carbocycles. The number of allylic oxidation sites excluding steroid dienone is 2. The van der Waals surface area contributed by atoms with Gasteiger partial charge in [-0.1, -0.05) is 12.2 Å². The summed E-state index contributed by atoms with van der Waals surface area (Å²) in [5.41, 5.74) is 0. The Bertz CT molecular complexity index is 532. The maximum atomic E-state index is 11.8. The maximum Gasteiger partial charge on any atom is 0.508 e. The molecule has 0 bridgehead atoms. The van der Waals surface area contributed by atoms with Gasteiger partial charge in [0.15, 0.2) is 0 Å². The maximum absolute atomic E-state index is 11.8. The van der Waals surface area contributed by atoms with Crippen LogP contribution in [0.1, 0.15) is 39.0 Å². The molecular formula is C19H28O6S. The Hall–Kier alpha value is -1.47. The molecule has 0 spiro atoms. The molecule has 0 unspecified atom stereocenters. The molecule has 146 valence electrons. The third kappa shape index (κ3) is 6.68. The van der Waals surface area contributed by atoms with E-state index in [-0.39, 0.29) is 30.7 Å². The van der Waals surface area contributed by atoms with Crippen molar-refractivity contribution in [1.82, 2.24) is 0 Å². The summed E-state index contributed by atoms with van der Waals surface area (Å²) < 4.78 is 15.5. The van der Waals surface area contributed by atoms with Gasteiger partial charge in [-0.25, -0.2) is 9.59 Å². The Morgan fingerprint density at radius 3 is 2.96 bits per heavy atom. The Labute approximate surface area is 160 Å². The van der Waals surface area contributed by atoms with E-state index in [1.165, 1.54) is 12.2 Å². The number of hydrogen-bond acceptors (Lipinski definition) is 7. The molecule has 0 aromatic heterocycles.